The molecule has 4 heteroatoms. The second-order valence-corrected chi connectivity index (χ2v) is 3.91. The first kappa shape index (κ1) is 11.1. The van der Waals surface area contributed by atoms with Crippen LogP contribution in [0, 0.1) is 11.3 Å². The molecule has 0 fully saturated rings. The van der Waals surface area contributed by atoms with Crippen LogP contribution < -0.4 is 0 Å². The van der Waals surface area contributed by atoms with E-state index in [-0.39, 0.29) is 12.1 Å². The van der Waals surface area contributed by atoms with Crippen molar-refractivity contribution in [3.05, 3.63) is 0 Å². The average Bonchev–Trinajstić information content (AvgIpc) is 1.99. The lowest BCUT2D eigenvalue weighted by Gasteiger charge is -2.15. The van der Waals surface area contributed by atoms with Gasteiger partial charge in [-0.15, -0.1) is 0 Å². The fraction of sp³-hybridized carbons (Fsp3) is 0.875. The molecule has 68 valence electrons. The van der Waals surface area contributed by atoms with E-state index in [0.29, 0.717) is 0 Å². The molecular weight excluding hydrogens is 154 g/mol. The van der Waals surface area contributed by atoms with E-state index in [4.69, 9.17) is 10.4 Å². The van der Waals surface area contributed by atoms with Gasteiger partial charge in [-0.05, 0) is 27.7 Å². The Hall–Kier alpha value is -0.950. The van der Waals surface area contributed by atoms with Gasteiger partial charge in [0.05, 0.1) is 18.2 Å². The normalized spacial score (nSPS) is 17.3. The van der Waals surface area contributed by atoms with Crippen molar-refractivity contribution in [2.45, 2.75) is 38.8 Å². The van der Waals surface area contributed by atoms with Crippen LogP contribution in [0.1, 0.15) is 27.7 Å². The smallest absolute Gasteiger partial charge is 0.187 e. The zero-order valence-corrected chi connectivity index (χ0v) is 8.00. The third-order valence-electron chi connectivity index (χ3n) is 1.12. The van der Waals surface area contributed by atoms with E-state index in [1.165, 1.54) is 0 Å². The summed E-state index contributed by atoms with van der Waals surface area (Å²) < 4.78 is 0. The molecule has 0 amide bonds. The first-order chi connectivity index (χ1) is 5.33. The Morgan fingerprint density at radius 2 is 1.75 bits per heavy atom. The Labute approximate surface area is 72.9 Å². The minimum absolute atomic E-state index is 0.298. The summed E-state index contributed by atoms with van der Waals surface area (Å²) in [7, 11) is 0. The van der Waals surface area contributed by atoms with Crippen molar-refractivity contribution in [3.63, 3.8) is 0 Å². The van der Waals surface area contributed by atoms with Gasteiger partial charge in [0, 0.05) is 0 Å². The van der Waals surface area contributed by atoms with E-state index in [1.54, 1.807) is 6.92 Å². The topological polar surface area (TPSA) is 68.7 Å². The van der Waals surface area contributed by atoms with Crippen molar-refractivity contribution in [2.75, 3.05) is 6.61 Å². The third-order valence-corrected chi connectivity index (χ3v) is 1.12. The molecule has 0 aromatic rings. The van der Waals surface area contributed by atoms with Crippen molar-refractivity contribution in [2.24, 2.45) is 10.2 Å². The SMILES string of the molecule is CC(C)(C)N=NC(C)(C#N)CO. The van der Waals surface area contributed by atoms with Gasteiger partial charge >= 0.3 is 0 Å². The lowest BCUT2D eigenvalue weighted by Crippen LogP contribution is -2.25. The monoisotopic (exact) mass is 169 g/mol. The first-order valence-corrected chi connectivity index (χ1v) is 3.79. The van der Waals surface area contributed by atoms with E-state index < -0.39 is 5.54 Å². The van der Waals surface area contributed by atoms with Gasteiger partial charge in [-0.3, -0.25) is 0 Å². The molecule has 0 rings (SSSR count). The zero-order valence-electron chi connectivity index (χ0n) is 8.00. The largest absolute Gasteiger partial charge is 0.393 e. The van der Waals surface area contributed by atoms with Crippen molar-refractivity contribution >= 4 is 0 Å². The molecule has 0 spiro atoms. The van der Waals surface area contributed by atoms with Gasteiger partial charge in [-0.25, -0.2) is 0 Å². The second-order valence-electron chi connectivity index (χ2n) is 3.91. The molecule has 1 N–H and O–H groups in total. The summed E-state index contributed by atoms with van der Waals surface area (Å²) in [5.74, 6) is 0. The van der Waals surface area contributed by atoms with E-state index in [2.05, 4.69) is 10.2 Å². The molecule has 0 saturated heterocycles. The van der Waals surface area contributed by atoms with Crippen LogP contribution in [0.3, 0.4) is 0 Å². The lowest BCUT2D eigenvalue weighted by atomic mass is 10.1. The maximum atomic E-state index is 8.81. The van der Waals surface area contributed by atoms with E-state index in [1.807, 2.05) is 26.8 Å². The maximum absolute atomic E-state index is 8.81. The van der Waals surface area contributed by atoms with Crippen LogP contribution in [0.15, 0.2) is 10.2 Å². The summed E-state index contributed by atoms with van der Waals surface area (Å²) in [6.07, 6.45) is 0. The van der Waals surface area contributed by atoms with Crippen LogP contribution in [-0.4, -0.2) is 22.8 Å². The standard InChI is InChI=1S/C8H15N3O/c1-7(2,3)10-11-8(4,5-9)6-12/h12H,6H2,1-4H3. The van der Waals surface area contributed by atoms with Crippen molar-refractivity contribution in [1.82, 2.24) is 0 Å². The molecule has 0 aliphatic rings. The Balaban J connectivity index is 4.44. The van der Waals surface area contributed by atoms with Crippen molar-refractivity contribution in [1.29, 1.82) is 5.26 Å². The molecule has 0 aliphatic heterocycles. The predicted molar refractivity (Wildman–Crippen MR) is 45.7 cm³/mol. The number of aliphatic hydroxyl groups is 1. The molecule has 1 atom stereocenters. The maximum Gasteiger partial charge on any atom is 0.187 e. The molecule has 4 nitrogen and oxygen atoms in total. The van der Waals surface area contributed by atoms with Crippen molar-refractivity contribution in [3.8, 4) is 6.07 Å². The minimum Gasteiger partial charge on any atom is -0.393 e. The molecule has 12 heavy (non-hydrogen) atoms. The van der Waals surface area contributed by atoms with Crippen molar-refractivity contribution < 1.29 is 5.11 Å². The van der Waals surface area contributed by atoms with Gasteiger partial charge in [-0.1, -0.05) is 0 Å². The van der Waals surface area contributed by atoms with Crippen LogP contribution in [0.4, 0.5) is 0 Å². The van der Waals surface area contributed by atoms with Gasteiger partial charge in [0.25, 0.3) is 0 Å². The highest BCUT2D eigenvalue weighted by Gasteiger charge is 2.22. The molecule has 0 radical (unpaired) electrons. The van der Waals surface area contributed by atoms with Crippen LogP contribution in [-0.2, 0) is 0 Å². The van der Waals surface area contributed by atoms with E-state index in [9.17, 15) is 0 Å². The summed E-state index contributed by atoms with van der Waals surface area (Å²) in [5, 5.41) is 25.1. The fourth-order valence-electron chi connectivity index (χ4n) is 0.350. The molecule has 0 heterocycles. The van der Waals surface area contributed by atoms with Gasteiger partial charge in [-0.2, -0.15) is 15.5 Å². The second kappa shape index (κ2) is 3.63. The van der Waals surface area contributed by atoms with Crippen LogP contribution in [0.5, 0.6) is 0 Å². The van der Waals surface area contributed by atoms with Crippen LogP contribution in [0.2, 0.25) is 0 Å². The highest BCUT2D eigenvalue weighted by molar-refractivity contribution is 5.03. The average molecular weight is 169 g/mol. The molecule has 0 aliphatic carbocycles. The van der Waals surface area contributed by atoms with E-state index >= 15 is 0 Å². The van der Waals surface area contributed by atoms with Crippen LogP contribution in [0.25, 0.3) is 0 Å². The number of azo groups is 1. The summed E-state index contributed by atoms with van der Waals surface area (Å²) in [6.45, 7) is 6.88. The number of nitrogens with zero attached hydrogens (tertiary/aromatic N) is 3. The number of aliphatic hydroxyl groups excluding tert-OH is 1. The summed E-state index contributed by atoms with van der Waals surface area (Å²) in [5.41, 5.74) is -1.39. The Kier molecular flexibility index (Phi) is 3.35. The number of nitriles is 1. The van der Waals surface area contributed by atoms with Gasteiger partial charge in [0.2, 0.25) is 0 Å². The summed E-state index contributed by atoms with van der Waals surface area (Å²) in [6, 6.07) is 1.89. The highest BCUT2D eigenvalue weighted by atomic mass is 16.3. The fourth-order valence-corrected chi connectivity index (χ4v) is 0.350. The predicted octanol–water partition coefficient (Wildman–Crippen LogP) is 1.51. The number of hydrogen-bond donors (Lipinski definition) is 1. The van der Waals surface area contributed by atoms with Crippen LogP contribution >= 0.6 is 0 Å². The molecule has 0 aromatic carbocycles. The Morgan fingerprint density at radius 1 is 1.25 bits per heavy atom. The summed E-state index contributed by atoms with van der Waals surface area (Å²) in [4.78, 5) is 0. The quantitative estimate of drug-likeness (QED) is 0.636. The Bertz CT molecular complexity index is 211. The molecule has 0 bridgehead atoms. The molecule has 0 saturated carbocycles. The first-order valence-electron chi connectivity index (χ1n) is 3.79. The molecule has 0 aromatic heterocycles. The van der Waals surface area contributed by atoms with Gasteiger partial charge in [0.1, 0.15) is 0 Å². The van der Waals surface area contributed by atoms with Gasteiger partial charge in [0.15, 0.2) is 5.54 Å². The van der Waals surface area contributed by atoms with Gasteiger partial charge < -0.3 is 5.11 Å². The van der Waals surface area contributed by atoms with E-state index in [0.717, 1.165) is 0 Å². The third kappa shape index (κ3) is 4.04. The molecule has 1 unspecified atom stereocenters. The summed E-state index contributed by atoms with van der Waals surface area (Å²) >= 11 is 0. The number of rotatable bonds is 2. The zero-order chi connectivity index (χ0) is 9.83. The highest BCUT2D eigenvalue weighted by Crippen LogP contribution is 2.13. The molecular formula is C8H15N3O. The number of hydrogen-bond acceptors (Lipinski definition) is 4. The Morgan fingerprint density at radius 3 is 2.00 bits per heavy atom. The lowest BCUT2D eigenvalue weighted by molar-refractivity contribution is 0.235. The minimum atomic E-state index is -1.09.